The Morgan fingerprint density at radius 2 is 2.22 bits per heavy atom. The molecular weight excluding hydrogens is 232 g/mol. The largest absolute Gasteiger partial charge is 0.389 e. The molecule has 0 saturated heterocycles. The number of nitrogens with zero attached hydrogens (tertiary/aromatic N) is 3. The van der Waals surface area contributed by atoms with Crippen molar-refractivity contribution < 1.29 is 9.84 Å². The summed E-state index contributed by atoms with van der Waals surface area (Å²) >= 11 is 0. The van der Waals surface area contributed by atoms with Gasteiger partial charge in [0, 0.05) is 19.7 Å². The Labute approximate surface area is 108 Å². The molecule has 1 unspecified atom stereocenters. The van der Waals surface area contributed by atoms with E-state index in [0.29, 0.717) is 32.2 Å². The molecule has 18 heavy (non-hydrogen) atoms. The molecule has 0 bridgehead atoms. The molecule has 0 aromatic carbocycles. The summed E-state index contributed by atoms with van der Waals surface area (Å²) in [6.07, 6.45) is 1.22. The summed E-state index contributed by atoms with van der Waals surface area (Å²) in [6, 6.07) is 0. The highest BCUT2D eigenvalue weighted by molar-refractivity contribution is 4.84. The molecule has 0 fully saturated rings. The smallest absolute Gasteiger partial charge is 0.146 e. The number of aliphatic hydroxyl groups excluding tert-OH is 1. The van der Waals surface area contributed by atoms with Gasteiger partial charge in [0.1, 0.15) is 12.2 Å². The third-order valence-corrected chi connectivity index (χ3v) is 2.46. The van der Waals surface area contributed by atoms with E-state index in [1.54, 1.807) is 6.33 Å². The van der Waals surface area contributed by atoms with E-state index in [0.717, 1.165) is 12.4 Å². The first-order valence-corrected chi connectivity index (χ1v) is 6.46. The van der Waals surface area contributed by atoms with E-state index in [4.69, 9.17) is 4.74 Å². The summed E-state index contributed by atoms with van der Waals surface area (Å²) in [7, 11) is 0. The lowest BCUT2D eigenvalue weighted by atomic mass is 10.2. The van der Waals surface area contributed by atoms with E-state index in [1.165, 1.54) is 0 Å². The molecular formula is C12H24N4O2. The van der Waals surface area contributed by atoms with Crippen molar-refractivity contribution in [3.8, 4) is 0 Å². The number of aliphatic hydroxyl groups is 1. The Balaban J connectivity index is 2.13. The molecule has 6 nitrogen and oxygen atoms in total. The molecule has 1 rings (SSSR count). The molecule has 0 spiro atoms. The fourth-order valence-electron chi connectivity index (χ4n) is 1.53. The minimum Gasteiger partial charge on any atom is -0.389 e. The number of ether oxygens (including phenoxy) is 1. The molecule has 0 aliphatic carbocycles. The van der Waals surface area contributed by atoms with Gasteiger partial charge in [-0.05, 0) is 12.8 Å². The molecule has 0 aliphatic rings. The maximum absolute atomic E-state index is 9.69. The van der Waals surface area contributed by atoms with Crippen LogP contribution in [0.2, 0.25) is 0 Å². The minimum atomic E-state index is -0.484. The predicted octanol–water partition coefficient (Wildman–Crippen LogP) is 0.421. The van der Waals surface area contributed by atoms with Crippen molar-refractivity contribution in [1.82, 2.24) is 20.1 Å². The quantitative estimate of drug-likeness (QED) is 0.670. The monoisotopic (exact) mass is 256 g/mol. The lowest BCUT2D eigenvalue weighted by Gasteiger charge is -2.13. The number of hydrogen-bond acceptors (Lipinski definition) is 5. The first kappa shape index (κ1) is 15.1. The number of rotatable bonds is 9. The number of hydrogen-bond donors (Lipinski definition) is 2. The van der Waals surface area contributed by atoms with Crippen LogP contribution in [0.15, 0.2) is 6.33 Å². The van der Waals surface area contributed by atoms with Crippen LogP contribution in [0.25, 0.3) is 0 Å². The topological polar surface area (TPSA) is 72.2 Å². The molecule has 1 heterocycles. The van der Waals surface area contributed by atoms with Crippen LogP contribution in [-0.2, 0) is 17.8 Å². The fourth-order valence-corrected chi connectivity index (χ4v) is 1.53. The molecule has 0 saturated carbocycles. The highest BCUT2D eigenvalue weighted by Gasteiger charge is 2.06. The molecule has 1 aromatic rings. The van der Waals surface area contributed by atoms with Gasteiger partial charge in [-0.15, -0.1) is 10.2 Å². The van der Waals surface area contributed by atoms with Crippen molar-refractivity contribution in [3.05, 3.63) is 12.2 Å². The molecule has 104 valence electrons. The standard InChI is InChI=1S/C12H24N4O2/c1-4-16-9-14-15-12(16)6-13-5-11(17)8-18-7-10(2)3/h9-11,13,17H,4-8H2,1-3H3. The van der Waals surface area contributed by atoms with Crippen molar-refractivity contribution in [1.29, 1.82) is 0 Å². The van der Waals surface area contributed by atoms with E-state index in [-0.39, 0.29) is 0 Å². The molecule has 0 amide bonds. The van der Waals surface area contributed by atoms with Crippen LogP contribution >= 0.6 is 0 Å². The van der Waals surface area contributed by atoms with E-state index < -0.39 is 6.10 Å². The van der Waals surface area contributed by atoms with Gasteiger partial charge in [0.15, 0.2) is 0 Å². The summed E-state index contributed by atoms with van der Waals surface area (Å²) < 4.78 is 7.33. The Morgan fingerprint density at radius 3 is 2.89 bits per heavy atom. The van der Waals surface area contributed by atoms with E-state index >= 15 is 0 Å². The normalized spacial score (nSPS) is 13.2. The maximum Gasteiger partial charge on any atom is 0.146 e. The van der Waals surface area contributed by atoms with Crippen LogP contribution in [0.5, 0.6) is 0 Å². The fraction of sp³-hybridized carbons (Fsp3) is 0.833. The molecule has 0 radical (unpaired) electrons. The van der Waals surface area contributed by atoms with Crippen molar-refractivity contribution in [2.75, 3.05) is 19.8 Å². The zero-order valence-electron chi connectivity index (χ0n) is 11.5. The van der Waals surface area contributed by atoms with E-state index in [2.05, 4.69) is 29.4 Å². The highest BCUT2D eigenvalue weighted by atomic mass is 16.5. The molecule has 2 N–H and O–H groups in total. The van der Waals surface area contributed by atoms with Crippen LogP contribution in [0, 0.1) is 5.92 Å². The summed E-state index contributed by atoms with van der Waals surface area (Å²) in [5.41, 5.74) is 0. The summed E-state index contributed by atoms with van der Waals surface area (Å²) in [6.45, 7) is 9.21. The Morgan fingerprint density at radius 1 is 1.44 bits per heavy atom. The molecule has 1 atom stereocenters. The van der Waals surface area contributed by atoms with Crippen LogP contribution in [0.4, 0.5) is 0 Å². The van der Waals surface area contributed by atoms with Crippen molar-refractivity contribution in [2.24, 2.45) is 5.92 Å². The third kappa shape index (κ3) is 5.57. The highest BCUT2D eigenvalue weighted by Crippen LogP contribution is 1.96. The summed E-state index contributed by atoms with van der Waals surface area (Å²) in [4.78, 5) is 0. The van der Waals surface area contributed by atoms with Gasteiger partial charge in [0.05, 0.1) is 19.3 Å². The number of aromatic nitrogens is 3. The third-order valence-electron chi connectivity index (χ3n) is 2.46. The molecule has 0 aliphatic heterocycles. The average molecular weight is 256 g/mol. The molecule has 1 aromatic heterocycles. The maximum atomic E-state index is 9.69. The average Bonchev–Trinajstić information content (AvgIpc) is 2.76. The number of nitrogens with one attached hydrogen (secondary N) is 1. The lowest BCUT2D eigenvalue weighted by Crippen LogP contribution is -2.31. The van der Waals surface area contributed by atoms with Crippen LogP contribution in [0.1, 0.15) is 26.6 Å². The van der Waals surface area contributed by atoms with Gasteiger partial charge in [-0.2, -0.15) is 0 Å². The van der Waals surface area contributed by atoms with E-state index in [9.17, 15) is 5.11 Å². The lowest BCUT2D eigenvalue weighted by molar-refractivity contribution is 0.0259. The van der Waals surface area contributed by atoms with Gasteiger partial charge >= 0.3 is 0 Å². The SMILES string of the molecule is CCn1cnnc1CNCC(O)COCC(C)C. The minimum absolute atomic E-state index is 0.367. The van der Waals surface area contributed by atoms with Crippen molar-refractivity contribution >= 4 is 0 Å². The van der Waals surface area contributed by atoms with Gasteiger partial charge in [-0.1, -0.05) is 13.8 Å². The second-order valence-corrected chi connectivity index (χ2v) is 4.75. The van der Waals surface area contributed by atoms with Crippen molar-refractivity contribution in [2.45, 2.75) is 40.0 Å². The second-order valence-electron chi connectivity index (χ2n) is 4.75. The number of aryl methyl sites for hydroxylation is 1. The van der Waals surface area contributed by atoms with Gasteiger partial charge in [0.25, 0.3) is 0 Å². The summed E-state index contributed by atoms with van der Waals surface area (Å²) in [5.74, 6) is 1.38. The Hall–Kier alpha value is -0.980. The first-order valence-electron chi connectivity index (χ1n) is 6.46. The zero-order valence-corrected chi connectivity index (χ0v) is 11.5. The van der Waals surface area contributed by atoms with Gasteiger partial charge < -0.3 is 19.7 Å². The van der Waals surface area contributed by atoms with Gasteiger partial charge in [-0.25, -0.2) is 0 Å². The summed E-state index contributed by atoms with van der Waals surface area (Å²) in [5, 5.41) is 20.7. The van der Waals surface area contributed by atoms with Gasteiger partial charge in [0.2, 0.25) is 0 Å². The van der Waals surface area contributed by atoms with Gasteiger partial charge in [-0.3, -0.25) is 0 Å². The van der Waals surface area contributed by atoms with Crippen molar-refractivity contribution in [3.63, 3.8) is 0 Å². The van der Waals surface area contributed by atoms with Crippen LogP contribution in [0.3, 0.4) is 0 Å². The zero-order chi connectivity index (χ0) is 13.4. The Bertz CT molecular complexity index is 328. The molecule has 6 heteroatoms. The van der Waals surface area contributed by atoms with Crippen LogP contribution < -0.4 is 5.32 Å². The Kier molecular flexibility index (Phi) is 6.85. The predicted molar refractivity (Wildman–Crippen MR) is 69.1 cm³/mol. The van der Waals surface area contributed by atoms with Crippen LogP contribution in [-0.4, -0.2) is 45.7 Å². The van der Waals surface area contributed by atoms with E-state index in [1.807, 2.05) is 11.5 Å². The second kappa shape index (κ2) is 8.18. The first-order chi connectivity index (χ1) is 8.63.